The number of hydrogen-bond acceptors (Lipinski definition) is 6. The van der Waals surface area contributed by atoms with E-state index in [1.165, 1.54) is 0 Å². The average Bonchev–Trinajstić information content (AvgIpc) is 2.65. The molecule has 0 bridgehead atoms. The highest BCUT2D eigenvalue weighted by atomic mass is 16.2. The lowest BCUT2D eigenvalue weighted by Crippen LogP contribution is -2.53. The number of carbonyl (C=O) groups is 2. The summed E-state index contributed by atoms with van der Waals surface area (Å²) in [5.74, 6) is 0.333. The number of aromatic nitrogens is 1. The molecule has 3 N–H and O–H groups in total. The Kier molecular flexibility index (Phi) is 6.31. The number of nitrogens with one attached hydrogen (secondary N) is 1. The maximum absolute atomic E-state index is 12.2. The van der Waals surface area contributed by atoms with Crippen LogP contribution in [-0.4, -0.2) is 60.5 Å². The Morgan fingerprint density at radius 1 is 1.36 bits per heavy atom. The Morgan fingerprint density at radius 3 is 2.64 bits per heavy atom. The first-order chi connectivity index (χ1) is 11.9. The zero-order valence-electron chi connectivity index (χ0n) is 14.6. The molecule has 0 radical (unpaired) electrons. The number of hydrogen-bond donors (Lipinski definition) is 2. The quantitative estimate of drug-likeness (QED) is 0.758. The van der Waals surface area contributed by atoms with Crippen LogP contribution in [0.4, 0.5) is 5.82 Å². The minimum absolute atomic E-state index is 0.0234. The van der Waals surface area contributed by atoms with Gasteiger partial charge in [0.25, 0.3) is 0 Å². The maximum atomic E-state index is 12.2. The van der Waals surface area contributed by atoms with Gasteiger partial charge in [-0.1, -0.05) is 13.8 Å². The molecule has 1 aliphatic rings. The van der Waals surface area contributed by atoms with E-state index >= 15 is 0 Å². The molecule has 8 nitrogen and oxygen atoms in total. The van der Waals surface area contributed by atoms with Crippen molar-refractivity contribution in [1.82, 2.24) is 15.2 Å². The van der Waals surface area contributed by atoms with E-state index in [1.54, 1.807) is 23.2 Å². The minimum Gasteiger partial charge on any atom is -0.353 e. The monoisotopic (exact) mass is 344 g/mol. The molecular formula is C17H24N6O2. The number of amides is 2. The van der Waals surface area contributed by atoms with Crippen molar-refractivity contribution in [1.29, 1.82) is 5.26 Å². The number of rotatable bonds is 5. The van der Waals surface area contributed by atoms with Gasteiger partial charge in [-0.2, -0.15) is 5.26 Å². The lowest BCUT2D eigenvalue weighted by Gasteiger charge is -2.35. The number of nitriles is 1. The molecule has 1 aliphatic heterocycles. The zero-order valence-corrected chi connectivity index (χ0v) is 14.6. The van der Waals surface area contributed by atoms with E-state index in [-0.39, 0.29) is 24.3 Å². The van der Waals surface area contributed by atoms with Crippen molar-refractivity contribution in [2.75, 3.05) is 37.6 Å². The largest absolute Gasteiger partial charge is 0.353 e. The van der Waals surface area contributed by atoms with E-state index < -0.39 is 6.04 Å². The molecule has 134 valence electrons. The van der Waals surface area contributed by atoms with Gasteiger partial charge < -0.3 is 20.9 Å². The summed E-state index contributed by atoms with van der Waals surface area (Å²) in [6, 6.07) is 4.89. The normalized spacial score (nSPS) is 15.6. The van der Waals surface area contributed by atoms with Crippen LogP contribution < -0.4 is 16.0 Å². The Balaban J connectivity index is 1.82. The van der Waals surface area contributed by atoms with E-state index in [2.05, 4.69) is 16.4 Å². The van der Waals surface area contributed by atoms with Crippen molar-refractivity contribution >= 4 is 17.6 Å². The first-order valence-electron chi connectivity index (χ1n) is 8.34. The Bertz CT molecular complexity index is 661. The summed E-state index contributed by atoms with van der Waals surface area (Å²) in [6.07, 6.45) is 1.61. The van der Waals surface area contributed by atoms with Crippen LogP contribution in [-0.2, 0) is 9.59 Å². The fraction of sp³-hybridized carbons (Fsp3) is 0.529. The maximum Gasteiger partial charge on any atom is 0.242 e. The van der Waals surface area contributed by atoms with E-state index in [9.17, 15) is 9.59 Å². The molecule has 0 unspecified atom stereocenters. The van der Waals surface area contributed by atoms with Crippen LogP contribution in [0.5, 0.6) is 0 Å². The Morgan fingerprint density at radius 2 is 2.04 bits per heavy atom. The van der Waals surface area contributed by atoms with Crippen LogP contribution in [0.1, 0.15) is 19.4 Å². The van der Waals surface area contributed by atoms with Crippen LogP contribution >= 0.6 is 0 Å². The molecule has 1 fully saturated rings. The van der Waals surface area contributed by atoms with Gasteiger partial charge in [-0.3, -0.25) is 9.59 Å². The summed E-state index contributed by atoms with van der Waals surface area (Å²) in [5, 5.41) is 11.6. The molecule has 25 heavy (non-hydrogen) atoms. The van der Waals surface area contributed by atoms with Crippen molar-refractivity contribution < 1.29 is 9.59 Å². The predicted octanol–water partition coefficient (Wildman–Crippen LogP) is -0.299. The van der Waals surface area contributed by atoms with Gasteiger partial charge in [0.05, 0.1) is 24.2 Å². The fourth-order valence-corrected chi connectivity index (χ4v) is 2.54. The molecule has 0 saturated carbocycles. The van der Waals surface area contributed by atoms with Crippen molar-refractivity contribution in [2.24, 2.45) is 11.7 Å². The van der Waals surface area contributed by atoms with Crippen LogP contribution in [0.15, 0.2) is 18.3 Å². The topological polar surface area (TPSA) is 115 Å². The predicted molar refractivity (Wildman–Crippen MR) is 93.6 cm³/mol. The number of carbonyl (C=O) groups excluding carboxylic acids is 2. The van der Waals surface area contributed by atoms with Crippen molar-refractivity contribution in [3.8, 4) is 6.07 Å². The third-order valence-electron chi connectivity index (χ3n) is 4.27. The molecule has 0 spiro atoms. The lowest BCUT2D eigenvalue weighted by atomic mass is 10.1. The minimum atomic E-state index is -0.608. The highest BCUT2D eigenvalue weighted by Crippen LogP contribution is 2.14. The molecule has 2 rings (SSSR count). The van der Waals surface area contributed by atoms with Crippen molar-refractivity contribution in [3.05, 3.63) is 23.9 Å². The van der Waals surface area contributed by atoms with Gasteiger partial charge in [0.2, 0.25) is 11.8 Å². The fourth-order valence-electron chi connectivity index (χ4n) is 2.54. The number of nitrogens with zero attached hydrogens (tertiary/aromatic N) is 4. The third kappa shape index (κ3) is 4.90. The summed E-state index contributed by atoms with van der Waals surface area (Å²) in [5.41, 5.74) is 6.32. The first-order valence-corrected chi connectivity index (χ1v) is 8.34. The number of nitrogens with two attached hydrogens (primary N) is 1. The Labute approximate surface area is 147 Å². The van der Waals surface area contributed by atoms with Crippen LogP contribution in [0.2, 0.25) is 0 Å². The van der Waals surface area contributed by atoms with Crippen LogP contribution in [0, 0.1) is 17.2 Å². The van der Waals surface area contributed by atoms with Gasteiger partial charge in [0, 0.05) is 32.4 Å². The summed E-state index contributed by atoms with van der Waals surface area (Å²) in [4.78, 5) is 32.1. The van der Waals surface area contributed by atoms with E-state index in [1.807, 2.05) is 18.7 Å². The molecule has 1 aromatic rings. The molecule has 1 saturated heterocycles. The van der Waals surface area contributed by atoms with Gasteiger partial charge in [0.1, 0.15) is 5.82 Å². The number of anilines is 1. The zero-order chi connectivity index (χ0) is 18.4. The second-order valence-corrected chi connectivity index (χ2v) is 6.37. The summed E-state index contributed by atoms with van der Waals surface area (Å²) >= 11 is 0. The van der Waals surface area contributed by atoms with Crippen LogP contribution in [0.25, 0.3) is 0 Å². The van der Waals surface area contributed by atoms with Gasteiger partial charge in [0.15, 0.2) is 0 Å². The molecule has 2 heterocycles. The highest BCUT2D eigenvalue weighted by molar-refractivity contribution is 5.87. The second-order valence-electron chi connectivity index (χ2n) is 6.37. The summed E-state index contributed by atoms with van der Waals surface area (Å²) in [6.45, 7) is 6.04. The first kappa shape index (κ1) is 18.7. The number of pyridine rings is 1. The highest BCUT2D eigenvalue weighted by Gasteiger charge is 2.23. The van der Waals surface area contributed by atoms with Gasteiger partial charge in [-0.25, -0.2) is 4.98 Å². The molecule has 0 aromatic carbocycles. The van der Waals surface area contributed by atoms with Crippen molar-refractivity contribution in [2.45, 2.75) is 19.9 Å². The van der Waals surface area contributed by atoms with E-state index in [0.717, 1.165) is 5.82 Å². The Hall–Kier alpha value is -2.66. The SMILES string of the molecule is CC(C)[C@H](N)C(=O)NCC(=O)N1CCN(c2cc(C#N)ccn2)CC1. The third-order valence-corrected chi connectivity index (χ3v) is 4.27. The summed E-state index contributed by atoms with van der Waals surface area (Å²) in [7, 11) is 0. The van der Waals surface area contributed by atoms with Crippen LogP contribution in [0.3, 0.4) is 0 Å². The average molecular weight is 344 g/mol. The molecule has 1 aromatic heterocycles. The lowest BCUT2D eigenvalue weighted by molar-refractivity contribution is -0.133. The van der Waals surface area contributed by atoms with Gasteiger partial charge in [-0.15, -0.1) is 0 Å². The van der Waals surface area contributed by atoms with Gasteiger partial charge in [-0.05, 0) is 18.1 Å². The van der Waals surface area contributed by atoms with Gasteiger partial charge >= 0.3 is 0 Å². The molecular weight excluding hydrogens is 320 g/mol. The number of piperazine rings is 1. The molecule has 1 atom stereocenters. The molecule has 8 heteroatoms. The summed E-state index contributed by atoms with van der Waals surface area (Å²) < 4.78 is 0. The molecule has 2 amide bonds. The molecule has 0 aliphatic carbocycles. The smallest absolute Gasteiger partial charge is 0.242 e. The van der Waals surface area contributed by atoms with E-state index in [4.69, 9.17) is 11.0 Å². The van der Waals surface area contributed by atoms with E-state index in [0.29, 0.717) is 31.7 Å². The second kappa shape index (κ2) is 8.44. The standard InChI is InChI=1S/C17H24N6O2/c1-12(2)16(19)17(25)21-11-15(24)23-7-5-22(6-8-23)14-9-13(10-18)3-4-20-14/h3-4,9,12,16H,5-8,11,19H2,1-2H3,(H,21,25)/t16-/m0/s1. The van der Waals surface area contributed by atoms with Crippen molar-refractivity contribution in [3.63, 3.8) is 0 Å².